The quantitative estimate of drug-likeness (QED) is 0.414. The molecule has 0 aromatic carbocycles. The van der Waals surface area contributed by atoms with Crippen LogP contribution in [-0.2, 0) is 6.42 Å². The van der Waals surface area contributed by atoms with Crippen LogP contribution in [0.3, 0.4) is 0 Å². The Morgan fingerprint density at radius 3 is 2.64 bits per heavy atom. The zero-order valence-electron chi connectivity index (χ0n) is 15.4. The van der Waals surface area contributed by atoms with Gasteiger partial charge in [0.15, 0.2) is 0 Å². The zero-order chi connectivity index (χ0) is 18.4. The highest BCUT2D eigenvalue weighted by Crippen LogP contribution is 2.25. The SMILES string of the molecule is CCCCCc1nnc(NC(=O)c2c(C)nc(C(C)C)nc2SC)s1. The number of anilines is 1. The van der Waals surface area contributed by atoms with Gasteiger partial charge in [0.1, 0.15) is 15.9 Å². The van der Waals surface area contributed by atoms with Crippen molar-refractivity contribution in [3.63, 3.8) is 0 Å². The fourth-order valence-electron chi connectivity index (χ4n) is 2.33. The van der Waals surface area contributed by atoms with Gasteiger partial charge in [-0.15, -0.1) is 22.0 Å². The standard InChI is InChI=1S/C17H25N5OS2/c1-6-7-8-9-12-21-22-17(25-12)20-15(23)13-11(4)18-14(10(2)3)19-16(13)24-5/h10H,6-9H2,1-5H3,(H,20,22,23). The average molecular weight is 380 g/mol. The van der Waals surface area contributed by atoms with Gasteiger partial charge in [0.05, 0.1) is 11.3 Å². The highest BCUT2D eigenvalue weighted by molar-refractivity contribution is 7.98. The molecule has 2 aromatic heterocycles. The molecule has 2 rings (SSSR count). The predicted molar refractivity (Wildman–Crippen MR) is 104 cm³/mol. The number of amides is 1. The molecule has 0 aliphatic carbocycles. The Morgan fingerprint density at radius 2 is 2.00 bits per heavy atom. The fourth-order valence-corrected chi connectivity index (χ4v) is 3.73. The molecule has 2 heterocycles. The number of hydrogen-bond acceptors (Lipinski definition) is 7. The lowest BCUT2D eigenvalue weighted by molar-refractivity contribution is 0.102. The maximum atomic E-state index is 12.7. The van der Waals surface area contributed by atoms with Crippen LogP contribution in [0.1, 0.15) is 72.8 Å². The van der Waals surface area contributed by atoms with Crippen molar-refractivity contribution in [3.05, 3.63) is 22.1 Å². The van der Waals surface area contributed by atoms with Gasteiger partial charge in [-0.1, -0.05) is 44.9 Å². The molecular weight excluding hydrogens is 354 g/mol. The Balaban J connectivity index is 2.15. The van der Waals surface area contributed by atoms with Crippen molar-refractivity contribution in [2.24, 2.45) is 0 Å². The molecule has 0 spiro atoms. The van der Waals surface area contributed by atoms with Crippen molar-refractivity contribution in [1.82, 2.24) is 20.2 Å². The summed E-state index contributed by atoms with van der Waals surface area (Å²) in [5, 5.41) is 13.3. The van der Waals surface area contributed by atoms with Crippen LogP contribution in [0.5, 0.6) is 0 Å². The number of hydrogen-bond donors (Lipinski definition) is 1. The first-order valence-electron chi connectivity index (χ1n) is 8.52. The number of unbranched alkanes of at least 4 members (excludes halogenated alkanes) is 2. The van der Waals surface area contributed by atoms with Crippen molar-refractivity contribution in [3.8, 4) is 0 Å². The number of carbonyl (C=O) groups excluding carboxylic acids is 1. The van der Waals surface area contributed by atoms with Crippen molar-refractivity contribution < 1.29 is 4.79 Å². The average Bonchev–Trinajstić information content (AvgIpc) is 3.01. The van der Waals surface area contributed by atoms with Crippen molar-refractivity contribution >= 4 is 34.1 Å². The van der Waals surface area contributed by atoms with Gasteiger partial charge in [-0.3, -0.25) is 10.1 Å². The summed E-state index contributed by atoms with van der Waals surface area (Å²) in [6.07, 6.45) is 6.27. The fraction of sp³-hybridized carbons (Fsp3) is 0.588. The molecule has 136 valence electrons. The summed E-state index contributed by atoms with van der Waals surface area (Å²) in [6, 6.07) is 0. The molecular formula is C17H25N5OS2. The van der Waals surface area contributed by atoms with Gasteiger partial charge >= 0.3 is 0 Å². The van der Waals surface area contributed by atoms with E-state index in [1.807, 2.05) is 27.0 Å². The van der Waals surface area contributed by atoms with Gasteiger partial charge in [-0.05, 0) is 19.6 Å². The Morgan fingerprint density at radius 1 is 1.24 bits per heavy atom. The molecule has 25 heavy (non-hydrogen) atoms. The van der Waals surface area contributed by atoms with E-state index in [0.29, 0.717) is 21.4 Å². The first-order valence-corrected chi connectivity index (χ1v) is 10.6. The van der Waals surface area contributed by atoms with Gasteiger partial charge in [-0.2, -0.15) is 0 Å². The first-order chi connectivity index (χ1) is 12.0. The Bertz CT molecular complexity index is 730. The molecule has 0 aliphatic rings. The summed E-state index contributed by atoms with van der Waals surface area (Å²) < 4.78 is 0. The van der Waals surface area contributed by atoms with E-state index in [0.717, 1.165) is 23.7 Å². The summed E-state index contributed by atoms with van der Waals surface area (Å²) in [7, 11) is 0. The maximum Gasteiger partial charge on any atom is 0.262 e. The molecule has 0 atom stereocenters. The molecule has 6 nitrogen and oxygen atoms in total. The van der Waals surface area contributed by atoms with E-state index in [9.17, 15) is 4.79 Å². The molecule has 2 aromatic rings. The molecule has 0 saturated heterocycles. The van der Waals surface area contributed by atoms with E-state index in [1.54, 1.807) is 0 Å². The summed E-state index contributed by atoms with van der Waals surface area (Å²) in [4.78, 5) is 21.7. The second-order valence-corrected chi connectivity index (χ2v) is 7.98. The highest BCUT2D eigenvalue weighted by atomic mass is 32.2. The van der Waals surface area contributed by atoms with Gasteiger partial charge in [0.25, 0.3) is 5.91 Å². The second-order valence-electron chi connectivity index (χ2n) is 6.12. The van der Waals surface area contributed by atoms with Crippen molar-refractivity contribution in [2.45, 2.75) is 64.3 Å². The summed E-state index contributed by atoms with van der Waals surface area (Å²) in [5.41, 5.74) is 1.20. The van der Waals surface area contributed by atoms with Gasteiger partial charge in [-0.25, -0.2) is 9.97 Å². The number of rotatable bonds is 8. The first kappa shape index (κ1) is 19.8. The van der Waals surface area contributed by atoms with E-state index in [1.165, 1.54) is 35.9 Å². The van der Waals surface area contributed by atoms with Crippen LogP contribution in [0, 0.1) is 6.92 Å². The van der Waals surface area contributed by atoms with Crippen molar-refractivity contribution in [2.75, 3.05) is 11.6 Å². The second kappa shape index (κ2) is 9.24. The Labute approximate surface area is 157 Å². The lowest BCUT2D eigenvalue weighted by atomic mass is 10.1. The topological polar surface area (TPSA) is 80.7 Å². The molecule has 0 unspecified atom stereocenters. The number of aryl methyl sites for hydroxylation is 2. The van der Waals surface area contributed by atoms with Crippen LogP contribution >= 0.6 is 23.1 Å². The van der Waals surface area contributed by atoms with E-state index in [2.05, 4.69) is 32.4 Å². The minimum Gasteiger partial charge on any atom is -0.296 e. The van der Waals surface area contributed by atoms with E-state index >= 15 is 0 Å². The van der Waals surface area contributed by atoms with Crippen LogP contribution in [0.4, 0.5) is 5.13 Å². The molecule has 0 fully saturated rings. The van der Waals surface area contributed by atoms with E-state index in [-0.39, 0.29) is 11.8 Å². The summed E-state index contributed by atoms with van der Waals surface area (Å²) in [6.45, 7) is 8.10. The number of carbonyl (C=O) groups is 1. The van der Waals surface area contributed by atoms with Gasteiger partial charge in [0.2, 0.25) is 5.13 Å². The number of thioether (sulfide) groups is 1. The number of aromatic nitrogens is 4. The molecule has 0 radical (unpaired) electrons. The Hall–Kier alpha value is -1.54. The summed E-state index contributed by atoms with van der Waals surface area (Å²) in [5.74, 6) is 0.747. The van der Waals surface area contributed by atoms with Crippen LogP contribution in [0.25, 0.3) is 0 Å². The number of nitrogens with one attached hydrogen (secondary N) is 1. The smallest absolute Gasteiger partial charge is 0.262 e. The molecule has 1 N–H and O–H groups in total. The monoisotopic (exact) mass is 379 g/mol. The third-order valence-electron chi connectivity index (χ3n) is 3.69. The minimum absolute atomic E-state index is 0.218. The Kier molecular flexibility index (Phi) is 7.31. The lowest BCUT2D eigenvalue weighted by Gasteiger charge is -2.12. The summed E-state index contributed by atoms with van der Waals surface area (Å²) >= 11 is 2.89. The third kappa shape index (κ3) is 5.22. The van der Waals surface area contributed by atoms with Gasteiger partial charge in [0, 0.05) is 12.3 Å². The van der Waals surface area contributed by atoms with Crippen LogP contribution in [0.2, 0.25) is 0 Å². The van der Waals surface area contributed by atoms with E-state index < -0.39 is 0 Å². The largest absolute Gasteiger partial charge is 0.296 e. The third-order valence-corrected chi connectivity index (χ3v) is 5.27. The van der Waals surface area contributed by atoms with Crippen LogP contribution in [0.15, 0.2) is 5.03 Å². The van der Waals surface area contributed by atoms with Gasteiger partial charge < -0.3 is 0 Å². The molecule has 0 aliphatic heterocycles. The van der Waals surface area contributed by atoms with Crippen LogP contribution < -0.4 is 5.32 Å². The van der Waals surface area contributed by atoms with Crippen molar-refractivity contribution in [1.29, 1.82) is 0 Å². The van der Waals surface area contributed by atoms with E-state index in [4.69, 9.17) is 0 Å². The van der Waals surface area contributed by atoms with Crippen LogP contribution in [-0.4, -0.2) is 32.3 Å². The lowest BCUT2D eigenvalue weighted by Crippen LogP contribution is -2.17. The normalized spacial score (nSPS) is 11.1. The predicted octanol–water partition coefficient (Wildman–Crippen LogP) is 4.47. The minimum atomic E-state index is -0.228. The molecule has 0 saturated carbocycles. The maximum absolute atomic E-state index is 12.7. The highest BCUT2D eigenvalue weighted by Gasteiger charge is 2.20. The zero-order valence-corrected chi connectivity index (χ0v) is 17.1. The molecule has 8 heteroatoms. The number of nitrogens with zero attached hydrogens (tertiary/aromatic N) is 4. The molecule has 1 amide bonds. The molecule has 0 bridgehead atoms.